The van der Waals surface area contributed by atoms with Gasteiger partial charge in [0, 0.05) is 19.5 Å². The van der Waals surface area contributed by atoms with Gasteiger partial charge in [0.2, 0.25) is 11.7 Å². The molecule has 0 aromatic rings. The highest BCUT2D eigenvalue weighted by molar-refractivity contribution is 5.91. The van der Waals surface area contributed by atoms with Gasteiger partial charge >= 0.3 is 0 Å². The van der Waals surface area contributed by atoms with Gasteiger partial charge in [-0.15, -0.1) is 0 Å². The summed E-state index contributed by atoms with van der Waals surface area (Å²) >= 11 is 0. The van der Waals surface area contributed by atoms with Crippen LogP contribution in [0, 0.1) is 0 Å². The van der Waals surface area contributed by atoms with Crippen LogP contribution in [0.25, 0.3) is 0 Å². The van der Waals surface area contributed by atoms with E-state index in [9.17, 15) is 0 Å². The number of morpholine rings is 1. The normalized spacial score (nSPS) is 27.7. The maximum atomic E-state index is 5.32. The van der Waals surface area contributed by atoms with E-state index in [0.29, 0.717) is 0 Å². The minimum Gasteiger partial charge on any atom is -0.379 e. The van der Waals surface area contributed by atoms with E-state index in [1.165, 1.54) is 4.90 Å². The Morgan fingerprint density at radius 1 is 1.27 bits per heavy atom. The average Bonchev–Trinajstić information content (AvgIpc) is 2.62. The van der Waals surface area contributed by atoms with Crippen molar-refractivity contribution in [3.05, 3.63) is 0 Å². The molecular formula is C10H19N4O+. The van der Waals surface area contributed by atoms with Crippen molar-refractivity contribution in [1.82, 2.24) is 4.90 Å². The first kappa shape index (κ1) is 10.7. The van der Waals surface area contributed by atoms with E-state index >= 15 is 0 Å². The smallest absolute Gasteiger partial charge is 0.241 e. The lowest BCUT2D eigenvalue weighted by molar-refractivity contribution is -0.675. The maximum absolute atomic E-state index is 5.32. The third-order valence-corrected chi connectivity index (χ3v) is 2.97. The molecule has 1 atom stereocenters. The van der Waals surface area contributed by atoms with Crippen LogP contribution in [0.4, 0.5) is 0 Å². The molecule has 5 heteroatoms. The zero-order valence-electron chi connectivity index (χ0n) is 9.49. The monoisotopic (exact) mass is 211 g/mol. The SMILES string of the molecule is CCC1=NN=C(CN2CCOCC2)[NH+]1C. The van der Waals surface area contributed by atoms with Gasteiger partial charge in [-0.05, 0) is 0 Å². The fourth-order valence-electron chi connectivity index (χ4n) is 1.89. The van der Waals surface area contributed by atoms with Gasteiger partial charge in [0.15, 0.2) is 0 Å². The topological polar surface area (TPSA) is 41.6 Å². The van der Waals surface area contributed by atoms with Crippen molar-refractivity contribution < 1.29 is 9.64 Å². The fourth-order valence-corrected chi connectivity index (χ4v) is 1.89. The Labute approximate surface area is 90.4 Å². The summed E-state index contributed by atoms with van der Waals surface area (Å²) in [6.45, 7) is 6.74. The molecule has 84 valence electrons. The number of likely N-dealkylation sites (N-methyl/N-ethyl adjacent to an activating group) is 1. The van der Waals surface area contributed by atoms with Crippen LogP contribution in [-0.4, -0.2) is 56.5 Å². The molecule has 0 aliphatic carbocycles. The zero-order chi connectivity index (χ0) is 10.7. The van der Waals surface area contributed by atoms with Crippen LogP contribution >= 0.6 is 0 Å². The molecule has 1 N–H and O–H groups in total. The number of quaternary nitrogens is 1. The highest BCUT2D eigenvalue weighted by Crippen LogP contribution is 1.97. The standard InChI is InChI=1S/C10H18N4O/c1-3-9-11-12-10(13(9)2)8-14-4-6-15-7-5-14/h3-8H2,1-2H3/p+1. The summed E-state index contributed by atoms with van der Waals surface area (Å²) in [4.78, 5) is 3.64. The largest absolute Gasteiger partial charge is 0.379 e. The minimum absolute atomic E-state index is 0.841. The van der Waals surface area contributed by atoms with E-state index in [1.807, 2.05) is 0 Å². The number of nitrogens with zero attached hydrogens (tertiary/aromatic N) is 3. The van der Waals surface area contributed by atoms with Gasteiger partial charge in [0.25, 0.3) is 0 Å². The van der Waals surface area contributed by atoms with E-state index in [4.69, 9.17) is 4.74 Å². The molecule has 2 aliphatic rings. The van der Waals surface area contributed by atoms with Gasteiger partial charge in [0.1, 0.15) is 0 Å². The third-order valence-electron chi connectivity index (χ3n) is 2.97. The molecule has 15 heavy (non-hydrogen) atoms. The van der Waals surface area contributed by atoms with E-state index in [2.05, 4.69) is 29.1 Å². The van der Waals surface area contributed by atoms with Gasteiger partial charge in [-0.2, -0.15) is 0 Å². The van der Waals surface area contributed by atoms with Gasteiger partial charge in [-0.3, -0.25) is 4.90 Å². The Bertz CT molecular complexity index is 281. The quantitative estimate of drug-likeness (QED) is 0.648. The molecule has 2 heterocycles. The maximum Gasteiger partial charge on any atom is 0.241 e. The molecule has 0 amide bonds. The molecule has 0 saturated carbocycles. The van der Waals surface area contributed by atoms with Crippen molar-refractivity contribution in [2.24, 2.45) is 10.2 Å². The predicted octanol–water partition coefficient (Wildman–Crippen LogP) is -1.03. The zero-order valence-corrected chi connectivity index (χ0v) is 9.49. The second-order valence-corrected chi connectivity index (χ2v) is 3.96. The van der Waals surface area contributed by atoms with Crippen molar-refractivity contribution >= 4 is 11.7 Å². The van der Waals surface area contributed by atoms with E-state index < -0.39 is 0 Å². The third kappa shape index (κ3) is 2.42. The minimum atomic E-state index is 0.841. The van der Waals surface area contributed by atoms with Crippen LogP contribution in [0.1, 0.15) is 13.3 Å². The summed E-state index contributed by atoms with van der Waals surface area (Å²) in [5.41, 5.74) is 0. The van der Waals surface area contributed by atoms with Gasteiger partial charge in [-0.25, -0.2) is 4.90 Å². The lowest BCUT2D eigenvalue weighted by atomic mass is 10.3. The second kappa shape index (κ2) is 4.83. The van der Waals surface area contributed by atoms with Crippen LogP contribution in [0.3, 0.4) is 0 Å². The number of amidine groups is 2. The molecule has 5 nitrogen and oxygen atoms in total. The van der Waals surface area contributed by atoms with Crippen LogP contribution in [0.2, 0.25) is 0 Å². The highest BCUT2D eigenvalue weighted by atomic mass is 16.5. The molecule has 2 aliphatic heterocycles. The number of nitrogens with one attached hydrogen (secondary N) is 1. The van der Waals surface area contributed by atoms with E-state index in [1.54, 1.807) is 0 Å². The van der Waals surface area contributed by atoms with Crippen molar-refractivity contribution in [3.8, 4) is 0 Å². The van der Waals surface area contributed by atoms with Crippen LogP contribution in [0.15, 0.2) is 10.2 Å². The highest BCUT2D eigenvalue weighted by Gasteiger charge is 2.26. The Balaban J connectivity index is 1.86. The van der Waals surface area contributed by atoms with Gasteiger partial charge in [-0.1, -0.05) is 17.1 Å². The number of rotatable bonds is 3. The van der Waals surface area contributed by atoms with Gasteiger partial charge in [0.05, 0.1) is 26.8 Å². The molecule has 0 aromatic carbocycles. The Kier molecular flexibility index (Phi) is 3.45. The summed E-state index contributed by atoms with van der Waals surface area (Å²) in [7, 11) is 2.12. The molecule has 0 radical (unpaired) electrons. The summed E-state index contributed by atoms with van der Waals surface area (Å²) in [5, 5.41) is 8.44. The Morgan fingerprint density at radius 3 is 2.53 bits per heavy atom. The lowest BCUT2D eigenvalue weighted by Gasteiger charge is -2.26. The molecule has 1 fully saturated rings. The summed E-state index contributed by atoms with van der Waals surface area (Å²) in [6.07, 6.45) is 0.974. The number of hydrogen-bond acceptors (Lipinski definition) is 4. The van der Waals surface area contributed by atoms with Crippen molar-refractivity contribution in [2.75, 3.05) is 39.9 Å². The predicted molar refractivity (Wildman–Crippen MR) is 59.3 cm³/mol. The van der Waals surface area contributed by atoms with Crippen LogP contribution < -0.4 is 4.90 Å². The first-order valence-corrected chi connectivity index (χ1v) is 5.59. The first-order chi connectivity index (χ1) is 7.31. The molecular weight excluding hydrogens is 192 g/mol. The molecule has 1 unspecified atom stereocenters. The molecule has 1 saturated heterocycles. The van der Waals surface area contributed by atoms with Crippen LogP contribution in [0.5, 0.6) is 0 Å². The molecule has 2 rings (SSSR count). The molecule has 0 spiro atoms. The molecule has 0 bridgehead atoms. The Hall–Kier alpha value is -0.780. The van der Waals surface area contributed by atoms with Crippen molar-refractivity contribution in [1.29, 1.82) is 0 Å². The molecule has 0 aromatic heterocycles. The van der Waals surface area contributed by atoms with Crippen LogP contribution in [-0.2, 0) is 4.74 Å². The van der Waals surface area contributed by atoms with E-state index in [-0.39, 0.29) is 0 Å². The average molecular weight is 211 g/mol. The number of hydrogen-bond donors (Lipinski definition) is 1. The summed E-state index contributed by atoms with van der Waals surface area (Å²) in [6, 6.07) is 0. The second-order valence-electron chi connectivity index (χ2n) is 3.96. The number of ether oxygens (including phenoxy) is 1. The summed E-state index contributed by atoms with van der Waals surface area (Å²) < 4.78 is 5.32. The lowest BCUT2D eigenvalue weighted by Crippen LogP contribution is -3.13. The van der Waals surface area contributed by atoms with E-state index in [0.717, 1.165) is 50.9 Å². The Morgan fingerprint density at radius 2 is 1.93 bits per heavy atom. The fraction of sp³-hybridized carbons (Fsp3) is 0.800. The van der Waals surface area contributed by atoms with Crippen molar-refractivity contribution in [2.45, 2.75) is 13.3 Å². The first-order valence-electron chi connectivity index (χ1n) is 5.59. The summed E-state index contributed by atoms with van der Waals surface area (Å²) in [5.74, 6) is 2.27. The van der Waals surface area contributed by atoms with Gasteiger partial charge < -0.3 is 4.74 Å². The van der Waals surface area contributed by atoms with Crippen molar-refractivity contribution in [3.63, 3.8) is 0 Å².